The fourth-order valence-corrected chi connectivity index (χ4v) is 7.39. The summed E-state index contributed by atoms with van der Waals surface area (Å²) in [6.45, 7) is 5.03. The summed E-state index contributed by atoms with van der Waals surface area (Å²) < 4.78 is 0. The molecule has 1 aliphatic rings. The zero-order valence-corrected chi connectivity index (χ0v) is 12.4. The third-order valence-corrected chi connectivity index (χ3v) is 8.46. The molecule has 0 N–H and O–H groups in total. The van der Waals surface area contributed by atoms with Gasteiger partial charge in [0.1, 0.15) is 0 Å². The lowest BCUT2D eigenvalue weighted by atomic mass is 9.88. The Morgan fingerprint density at radius 3 is 1.84 bits per heavy atom. The number of rotatable bonds is 2. The molecule has 1 fully saturated rings. The standard InChI is InChI=1S/C17H20BP/c1-15-12-13-19(18-14-15,16-8-4-2-5-9-16)17-10-6-3-7-11-17/h2-11,15H,12-14H2,1H3. The molecule has 96 valence electrons. The van der Waals surface area contributed by atoms with Gasteiger partial charge >= 0.3 is 0 Å². The Hall–Kier alpha value is -1.07. The Morgan fingerprint density at radius 1 is 0.895 bits per heavy atom. The lowest BCUT2D eigenvalue weighted by molar-refractivity contribution is 0.622. The van der Waals surface area contributed by atoms with Crippen LogP contribution < -0.4 is 10.6 Å². The van der Waals surface area contributed by atoms with E-state index in [0.29, 0.717) is 0 Å². The molecule has 2 radical (unpaired) electrons. The monoisotopic (exact) mass is 266 g/mol. The maximum atomic E-state index is 2.66. The van der Waals surface area contributed by atoms with Crippen molar-refractivity contribution in [2.24, 2.45) is 5.92 Å². The molecule has 1 atom stereocenters. The van der Waals surface area contributed by atoms with E-state index in [1.807, 2.05) is 0 Å². The van der Waals surface area contributed by atoms with E-state index in [4.69, 9.17) is 0 Å². The summed E-state index contributed by atoms with van der Waals surface area (Å²) in [6, 6.07) is 22.3. The molecular formula is C17H20BP. The zero-order valence-electron chi connectivity index (χ0n) is 11.5. The molecule has 2 heteroatoms. The molecule has 1 unspecified atom stereocenters. The summed E-state index contributed by atoms with van der Waals surface area (Å²) >= 11 is 0. The second-order valence-corrected chi connectivity index (χ2v) is 9.16. The Morgan fingerprint density at radius 2 is 1.42 bits per heavy atom. The lowest BCUT2D eigenvalue weighted by Crippen LogP contribution is -2.33. The average molecular weight is 266 g/mol. The van der Waals surface area contributed by atoms with Crippen molar-refractivity contribution in [3.8, 4) is 0 Å². The zero-order chi connectivity index (χ0) is 13.1. The Kier molecular flexibility index (Phi) is 3.75. The van der Waals surface area contributed by atoms with Crippen molar-refractivity contribution in [3.63, 3.8) is 0 Å². The van der Waals surface area contributed by atoms with Gasteiger partial charge in [0.2, 0.25) is 0 Å². The fourth-order valence-electron chi connectivity index (χ4n) is 3.00. The van der Waals surface area contributed by atoms with Gasteiger partial charge in [-0.2, -0.15) is 6.32 Å². The highest BCUT2D eigenvalue weighted by Gasteiger charge is 2.33. The third kappa shape index (κ3) is 2.49. The van der Waals surface area contributed by atoms with Gasteiger partial charge in [-0.3, -0.25) is 0 Å². The molecule has 0 spiro atoms. The van der Waals surface area contributed by atoms with Crippen LogP contribution in [0.2, 0.25) is 6.32 Å². The number of hydrogen-bond acceptors (Lipinski definition) is 0. The normalized spacial score (nSPS) is 22.1. The van der Waals surface area contributed by atoms with Crippen LogP contribution in [0.4, 0.5) is 0 Å². The first-order chi connectivity index (χ1) is 9.31. The number of hydrogen-bond donors (Lipinski definition) is 0. The third-order valence-electron chi connectivity index (χ3n) is 4.23. The largest absolute Gasteiger partial charge is 0.193 e. The van der Waals surface area contributed by atoms with Gasteiger partial charge in [-0.1, -0.05) is 56.2 Å². The van der Waals surface area contributed by atoms with Crippen LogP contribution in [0.1, 0.15) is 13.3 Å². The molecule has 19 heavy (non-hydrogen) atoms. The van der Waals surface area contributed by atoms with E-state index >= 15 is 0 Å². The first-order valence-electron chi connectivity index (χ1n) is 7.15. The van der Waals surface area contributed by atoms with Gasteiger partial charge in [-0.25, -0.2) is 0 Å². The molecule has 0 bridgehead atoms. The van der Waals surface area contributed by atoms with Gasteiger partial charge in [-0.05, 0) is 30.7 Å². The van der Waals surface area contributed by atoms with E-state index < -0.39 is 7.14 Å². The smallest absolute Gasteiger partial charge is 0.0495 e. The molecule has 0 saturated carbocycles. The number of benzene rings is 2. The van der Waals surface area contributed by atoms with Gasteiger partial charge in [0.15, 0.2) is 0 Å². The molecule has 0 aliphatic carbocycles. The SMILES string of the molecule is CC1C[B-][P+](c2ccccc2)(c2ccccc2)CC1. The van der Waals surface area contributed by atoms with Crippen LogP contribution in [0.15, 0.2) is 60.7 Å². The highest BCUT2D eigenvalue weighted by Crippen LogP contribution is 2.59. The molecule has 0 aromatic heterocycles. The van der Waals surface area contributed by atoms with Crippen LogP contribution in [0.25, 0.3) is 0 Å². The summed E-state index contributed by atoms with van der Waals surface area (Å²) in [7, 11) is -1.26. The second-order valence-electron chi connectivity index (χ2n) is 5.58. The minimum atomic E-state index is -1.26. The average Bonchev–Trinajstić information content (AvgIpc) is 2.50. The van der Waals surface area contributed by atoms with Gasteiger partial charge in [0.05, 0.1) is 0 Å². The molecule has 1 heterocycles. The minimum Gasteiger partial charge on any atom is -0.193 e. The lowest BCUT2D eigenvalue weighted by Gasteiger charge is -2.44. The summed E-state index contributed by atoms with van der Waals surface area (Å²) in [4.78, 5) is 0. The summed E-state index contributed by atoms with van der Waals surface area (Å²) in [5.41, 5.74) is 0. The van der Waals surface area contributed by atoms with Crippen LogP contribution >= 0.6 is 7.14 Å². The van der Waals surface area contributed by atoms with Crippen molar-refractivity contribution >= 4 is 24.7 Å². The van der Waals surface area contributed by atoms with Gasteiger partial charge < -0.3 is 0 Å². The van der Waals surface area contributed by atoms with E-state index in [0.717, 1.165) is 5.92 Å². The van der Waals surface area contributed by atoms with E-state index in [-0.39, 0.29) is 0 Å². The van der Waals surface area contributed by atoms with Crippen molar-refractivity contribution in [2.75, 3.05) is 6.16 Å². The molecule has 0 nitrogen and oxygen atoms in total. The van der Waals surface area contributed by atoms with Crippen LogP contribution in [0.5, 0.6) is 0 Å². The molecule has 1 aliphatic heterocycles. The summed E-state index contributed by atoms with van der Waals surface area (Å²) in [5.74, 6) is 0.848. The Balaban J connectivity index is 2.06. The predicted molar refractivity (Wildman–Crippen MR) is 88.3 cm³/mol. The van der Waals surface area contributed by atoms with E-state index in [1.165, 1.54) is 18.9 Å². The van der Waals surface area contributed by atoms with Gasteiger partial charge in [-0.15, -0.1) is 7.14 Å². The highest BCUT2D eigenvalue weighted by molar-refractivity contribution is 8.11. The highest BCUT2D eigenvalue weighted by atomic mass is 31.2. The van der Waals surface area contributed by atoms with E-state index in [1.54, 1.807) is 10.6 Å². The molecular weight excluding hydrogens is 246 g/mol. The van der Waals surface area contributed by atoms with E-state index in [9.17, 15) is 0 Å². The maximum Gasteiger partial charge on any atom is 0.0495 e. The van der Waals surface area contributed by atoms with Crippen molar-refractivity contribution in [1.82, 2.24) is 0 Å². The van der Waals surface area contributed by atoms with Crippen LogP contribution in [0, 0.1) is 5.92 Å². The van der Waals surface area contributed by atoms with Crippen molar-refractivity contribution < 1.29 is 0 Å². The van der Waals surface area contributed by atoms with Crippen molar-refractivity contribution in [2.45, 2.75) is 19.7 Å². The van der Waals surface area contributed by atoms with Crippen molar-refractivity contribution in [3.05, 3.63) is 60.7 Å². The fraction of sp³-hybridized carbons (Fsp3) is 0.294. The topological polar surface area (TPSA) is 0 Å². The Bertz CT molecular complexity index is 474. The molecule has 3 rings (SSSR count). The van der Waals surface area contributed by atoms with Crippen molar-refractivity contribution in [1.29, 1.82) is 0 Å². The van der Waals surface area contributed by atoms with E-state index in [2.05, 4.69) is 74.6 Å². The summed E-state index contributed by atoms with van der Waals surface area (Å²) in [5, 5.41) is 3.10. The first kappa shape index (κ1) is 12.9. The molecule has 2 aromatic rings. The molecule has 0 amide bonds. The summed E-state index contributed by atoms with van der Waals surface area (Å²) in [6.07, 6.45) is 3.95. The van der Waals surface area contributed by atoms with Gasteiger partial charge in [0.25, 0.3) is 0 Å². The predicted octanol–water partition coefficient (Wildman–Crippen LogP) is 3.73. The first-order valence-corrected chi connectivity index (χ1v) is 9.19. The van der Waals surface area contributed by atoms with Crippen LogP contribution in [0.3, 0.4) is 0 Å². The Labute approximate surface area is 117 Å². The van der Waals surface area contributed by atoms with Crippen LogP contribution in [-0.2, 0) is 0 Å². The maximum absolute atomic E-state index is 2.66. The quantitative estimate of drug-likeness (QED) is 0.574. The molecule has 1 saturated heterocycles. The minimum absolute atomic E-state index is 0.848. The van der Waals surface area contributed by atoms with Gasteiger partial charge in [0, 0.05) is 16.8 Å². The molecule has 2 aromatic carbocycles. The van der Waals surface area contributed by atoms with Crippen LogP contribution in [-0.4, -0.2) is 13.2 Å². The second kappa shape index (κ2) is 5.51.